The van der Waals surface area contributed by atoms with Crippen molar-refractivity contribution < 1.29 is 4.79 Å². The number of amides is 1. The van der Waals surface area contributed by atoms with E-state index in [-0.39, 0.29) is 5.91 Å². The number of hydrogen-bond acceptors (Lipinski definition) is 3. The molecule has 0 spiro atoms. The first-order valence-electron chi connectivity index (χ1n) is 7.36. The monoisotopic (exact) mass is 354 g/mol. The van der Waals surface area contributed by atoms with Crippen molar-refractivity contribution >= 4 is 52.1 Å². The molecule has 2 heterocycles. The summed E-state index contributed by atoms with van der Waals surface area (Å²) < 4.78 is 0. The number of rotatable bonds is 1. The zero-order chi connectivity index (χ0) is 15.5. The molecule has 1 fully saturated rings. The number of hydrogen-bond donors (Lipinski definition) is 0. The van der Waals surface area contributed by atoms with Gasteiger partial charge < -0.3 is 4.90 Å². The average Bonchev–Trinajstić information content (AvgIpc) is 2.72. The number of likely N-dealkylation sites (tertiary alicyclic amines) is 1. The fourth-order valence-corrected chi connectivity index (χ4v) is 3.82. The summed E-state index contributed by atoms with van der Waals surface area (Å²) in [5, 5.41) is 1.83. The van der Waals surface area contributed by atoms with Crippen molar-refractivity contribution in [2.45, 2.75) is 25.7 Å². The molecule has 1 aromatic rings. The van der Waals surface area contributed by atoms with Crippen molar-refractivity contribution in [1.29, 1.82) is 0 Å². The Balaban J connectivity index is 1.75. The van der Waals surface area contributed by atoms with E-state index >= 15 is 0 Å². The molecule has 0 atom stereocenters. The maximum Gasteiger partial charge on any atom is 0.286 e. The van der Waals surface area contributed by atoms with Crippen molar-refractivity contribution in [3.8, 4) is 0 Å². The van der Waals surface area contributed by atoms with Crippen LogP contribution < -0.4 is 0 Å². The molecule has 3 nitrogen and oxygen atoms in total. The Bertz CT molecular complexity index is 650. The molecular formula is C16H16Cl2N2OS. The van der Waals surface area contributed by atoms with Gasteiger partial charge in [0.15, 0.2) is 5.17 Å². The fourth-order valence-electron chi connectivity index (χ4n) is 2.55. The topological polar surface area (TPSA) is 32.7 Å². The lowest BCUT2D eigenvalue weighted by atomic mass is 10.2. The second-order valence-corrected chi connectivity index (χ2v) is 7.21. The summed E-state index contributed by atoms with van der Waals surface area (Å²) in [5.41, 5.74) is 0.859. The van der Waals surface area contributed by atoms with Crippen LogP contribution in [0, 0.1) is 0 Å². The molecule has 0 bridgehead atoms. The minimum absolute atomic E-state index is 0.171. The third kappa shape index (κ3) is 3.67. The molecule has 1 aromatic carbocycles. The van der Waals surface area contributed by atoms with Gasteiger partial charge in [0.1, 0.15) is 0 Å². The van der Waals surface area contributed by atoms with E-state index in [2.05, 4.69) is 9.89 Å². The predicted octanol–water partition coefficient (Wildman–Crippen LogP) is 4.84. The largest absolute Gasteiger partial charge is 0.351 e. The summed E-state index contributed by atoms with van der Waals surface area (Å²) in [6.45, 7) is 1.97. The van der Waals surface area contributed by atoms with Crippen molar-refractivity contribution in [2.24, 2.45) is 4.99 Å². The molecule has 6 heteroatoms. The van der Waals surface area contributed by atoms with E-state index in [1.807, 2.05) is 12.1 Å². The van der Waals surface area contributed by atoms with Gasteiger partial charge in [-0.2, -0.15) is 4.99 Å². The molecular weight excluding hydrogens is 339 g/mol. The van der Waals surface area contributed by atoms with Gasteiger partial charge in [-0.1, -0.05) is 42.1 Å². The summed E-state index contributed by atoms with van der Waals surface area (Å²) in [7, 11) is 0. The lowest BCUT2D eigenvalue weighted by Crippen LogP contribution is -2.28. The van der Waals surface area contributed by atoms with Crippen LogP contribution in [0.15, 0.2) is 28.1 Å². The number of benzene rings is 1. The molecule has 0 radical (unpaired) electrons. The highest BCUT2D eigenvalue weighted by molar-refractivity contribution is 8.18. The Morgan fingerprint density at radius 3 is 2.50 bits per heavy atom. The van der Waals surface area contributed by atoms with Gasteiger partial charge >= 0.3 is 0 Å². The first kappa shape index (κ1) is 15.9. The minimum atomic E-state index is -0.171. The summed E-state index contributed by atoms with van der Waals surface area (Å²) in [5.74, 6) is -0.171. The van der Waals surface area contributed by atoms with Gasteiger partial charge in [-0.15, -0.1) is 0 Å². The van der Waals surface area contributed by atoms with Crippen molar-refractivity contribution in [1.82, 2.24) is 4.90 Å². The van der Waals surface area contributed by atoms with Crippen LogP contribution in [-0.2, 0) is 4.79 Å². The molecule has 116 valence electrons. The average molecular weight is 355 g/mol. The number of nitrogens with zero attached hydrogens (tertiary/aromatic N) is 2. The quantitative estimate of drug-likeness (QED) is 0.676. The van der Waals surface area contributed by atoms with Crippen LogP contribution in [0.3, 0.4) is 0 Å². The Hall–Kier alpha value is -0.970. The van der Waals surface area contributed by atoms with E-state index in [0.29, 0.717) is 15.0 Å². The molecule has 0 aliphatic carbocycles. The number of aliphatic imine (C=N–C) groups is 1. The maximum atomic E-state index is 12.1. The minimum Gasteiger partial charge on any atom is -0.351 e. The number of carbonyl (C=O) groups is 1. The normalized spacial score (nSPS) is 21.2. The first-order valence-corrected chi connectivity index (χ1v) is 8.93. The number of carbonyl (C=O) groups excluding carboxylic acids is 1. The molecule has 2 aliphatic heterocycles. The van der Waals surface area contributed by atoms with Crippen LogP contribution in [0.2, 0.25) is 10.0 Å². The first-order chi connectivity index (χ1) is 10.6. The van der Waals surface area contributed by atoms with Gasteiger partial charge in [0, 0.05) is 13.1 Å². The zero-order valence-electron chi connectivity index (χ0n) is 12.0. The van der Waals surface area contributed by atoms with Crippen molar-refractivity contribution in [3.63, 3.8) is 0 Å². The summed E-state index contributed by atoms with van der Waals surface area (Å²) in [4.78, 5) is 19.2. The fraction of sp³-hybridized carbons (Fsp3) is 0.375. The highest BCUT2D eigenvalue weighted by atomic mass is 35.5. The van der Waals surface area contributed by atoms with Gasteiger partial charge in [0.05, 0.1) is 15.0 Å². The van der Waals surface area contributed by atoms with Gasteiger partial charge in [0.2, 0.25) is 0 Å². The van der Waals surface area contributed by atoms with Crippen LogP contribution in [0.25, 0.3) is 6.08 Å². The van der Waals surface area contributed by atoms with E-state index in [4.69, 9.17) is 23.2 Å². The van der Waals surface area contributed by atoms with Crippen LogP contribution in [-0.4, -0.2) is 29.1 Å². The summed E-state index contributed by atoms with van der Waals surface area (Å²) in [6.07, 6.45) is 6.67. The van der Waals surface area contributed by atoms with Crippen LogP contribution >= 0.6 is 35.0 Å². The maximum absolute atomic E-state index is 12.1. The third-order valence-electron chi connectivity index (χ3n) is 3.73. The molecule has 2 aliphatic rings. The number of thioether (sulfide) groups is 1. The predicted molar refractivity (Wildman–Crippen MR) is 94.5 cm³/mol. The third-order valence-corrected chi connectivity index (χ3v) is 5.51. The Kier molecular flexibility index (Phi) is 5.11. The van der Waals surface area contributed by atoms with E-state index in [0.717, 1.165) is 23.8 Å². The van der Waals surface area contributed by atoms with Gasteiger partial charge in [-0.05, 0) is 48.4 Å². The van der Waals surface area contributed by atoms with Gasteiger partial charge in [-0.25, -0.2) is 0 Å². The summed E-state index contributed by atoms with van der Waals surface area (Å²) in [6, 6.07) is 5.34. The molecule has 0 N–H and O–H groups in total. The second-order valence-electron chi connectivity index (χ2n) is 5.38. The van der Waals surface area contributed by atoms with Crippen molar-refractivity contribution in [3.05, 3.63) is 38.7 Å². The van der Waals surface area contributed by atoms with E-state index in [1.165, 1.54) is 37.4 Å². The Morgan fingerprint density at radius 2 is 1.82 bits per heavy atom. The molecule has 0 saturated carbocycles. The lowest BCUT2D eigenvalue weighted by molar-refractivity contribution is -0.113. The Labute approximate surface area is 144 Å². The number of amidine groups is 1. The summed E-state index contributed by atoms with van der Waals surface area (Å²) >= 11 is 13.4. The van der Waals surface area contributed by atoms with Crippen LogP contribution in [0.4, 0.5) is 0 Å². The molecule has 1 amide bonds. The molecule has 3 rings (SSSR count). The highest BCUT2D eigenvalue weighted by Crippen LogP contribution is 2.32. The van der Waals surface area contributed by atoms with E-state index < -0.39 is 0 Å². The smallest absolute Gasteiger partial charge is 0.286 e. The highest BCUT2D eigenvalue weighted by Gasteiger charge is 2.26. The van der Waals surface area contributed by atoms with Crippen LogP contribution in [0.1, 0.15) is 31.2 Å². The zero-order valence-corrected chi connectivity index (χ0v) is 14.3. The van der Waals surface area contributed by atoms with Crippen molar-refractivity contribution in [2.75, 3.05) is 13.1 Å². The SMILES string of the molecule is O=C1N=C(N2CCCCCC2)S/C1=C\c1ccc(Cl)c(Cl)c1. The second kappa shape index (κ2) is 7.07. The molecule has 22 heavy (non-hydrogen) atoms. The standard InChI is InChI=1S/C16H16Cl2N2OS/c17-12-6-5-11(9-13(12)18)10-14-15(21)19-16(22-14)20-7-3-1-2-4-8-20/h5-6,9-10H,1-4,7-8H2/b14-10-. The molecule has 0 aromatic heterocycles. The van der Waals surface area contributed by atoms with E-state index in [9.17, 15) is 4.79 Å². The van der Waals surface area contributed by atoms with Crippen LogP contribution in [0.5, 0.6) is 0 Å². The lowest BCUT2D eigenvalue weighted by Gasteiger charge is -2.20. The van der Waals surface area contributed by atoms with Gasteiger partial charge in [0.25, 0.3) is 5.91 Å². The van der Waals surface area contributed by atoms with E-state index in [1.54, 1.807) is 12.1 Å². The molecule has 0 unspecified atom stereocenters. The van der Waals surface area contributed by atoms with Gasteiger partial charge in [-0.3, -0.25) is 4.79 Å². The molecule has 1 saturated heterocycles. The Morgan fingerprint density at radius 1 is 1.09 bits per heavy atom. The number of halogens is 2.